The van der Waals surface area contributed by atoms with Gasteiger partial charge in [0, 0.05) is 19.9 Å². The molecule has 2 aromatic rings. The molecule has 0 aliphatic heterocycles. The third-order valence-electron chi connectivity index (χ3n) is 3.05. The second-order valence-corrected chi connectivity index (χ2v) is 5.25. The summed E-state index contributed by atoms with van der Waals surface area (Å²) in [7, 11) is -5.20. The van der Waals surface area contributed by atoms with E-state index in [0.717, 1.165) is 6.07 Å². The Labute approximate surface area is 170 Å². The number of nitrogen functional groups attached to an aromatic ring is 1. The first kappa shape index (κ1) is 14.3. The average molecular weight is 396 g/mol. The van der Waals surface area contributed by atoms with Crippen LogP contribution >= 0.6 is 0 Å². The van der Waals surface area contributed by atoms with Gasteiger partial charge in [0.25, 0.3) is 5.69 Å². The van der Waals surface area contributed by atoms with E-state index in [2.05, 4.69) is 20.1 Å². The fourth-order valence-electron chi connectivity index (χ4n) is 1.93. The zero-order valence-corrected chi connectivity index (χ0v) is 14.9. The summed E-state index contributed by atoms with van der Waals surface area (Å²) in [5.74, 6) is -0.763. The highest BCUT2D eigenvalue weighted by atomic mass is 16.6. The van der Waals surface area contributed by atoms with Gasteiger partial charge in [-0.25, -0.2) is 0 Å². The zero-order chi connectivity index (χ0) is 26.3. The number of rotatable bonds is 5. The van der Waals surface area contributed by atoms with Gasteiger partial charge in [-0.1, -0.05) is 0 Å². The Morgan fingerprint density at radius 1 is 1.00 bits per heavy atom. The summed E-state index contributed by atoms with van der Waals surface area (Å²) in [6.07, 6.45) is 0. The van der Waals surface area contributed by atoms with Crippen LogP contribution in [0.5, 0.6) is 11.5 Å². The van der Waals surface area contributed by atoms with Crippen molar-refractivity contribution in [2.75, 3.05) is 30.4 Å². The molecule has 0 radical (unpaired) electrons. The van der Waals surface area contributed by atoms with Gasteiger partial charge in [-0.15, -0.1) is 0 Å². The number of amides is 2. The minimum Gasteiger partial charge on any atom is -0.497 e. The first-order valence-corrected chi connectivity index (χ1v) is 7.58. The van der Waals surface area contributed by atoms with Crippen molar-refractivity contribution in [2.45, 2.75) is 13.8 Å². The Morgan fingerprint density at radius 2 is 1.50 bits per heavy atom. The maximum absolute atomic E-state index is 10.8. The highest BCUT2D eigenvalue weighted by Gasteiger charge is 2.15. The number of methoxy groups -OCH3 is 2. The van der Waals surface area contributed by atoms with Crippen molar-refractivity contribution in [3.8, 4) is 11.5 Å². The Kier molecular flexibility index (Phi) is 5.28. The Hall–Kier alpha value is -3.82. The molecule has 28 heavy (non-hydrogen) atoms. The molecule has 0 fully saturated rings. The van der Waals surface area contributed by atoms with Crippen LogP contribution in [-0.2, 0) is 9.59 Å². The maximum atomic E-state index is 10.8. The second kappa shape index (κ2) is 10.4. The molecule has 0 saturated carbocycles. The SMILES string of the molecule is [2H]C([2H])([2H])Oc1ccc(NC(C)=O)c(N)c1.[2H]C([2H])([2H])Oc1ccc(NC(C)=O)c([N+](=O)[O-])c1. The van der Waals surface area contributed by atoms with Crippen molar-refractivity contribution < 1.29 is 32.2 Å². The highest BCUT2D eigenvalue weighted by Crippen LogP contribution is 2.28. The molecule has 0 aromatic heterocycles. The molecule has 10 heteroatoms. The number of nitrogens with two attached hydrogens (primary N) is 1. The minimum absolute atomic E-state index is 0.0228. The van der Waals surface area contributed by atoms with E-state index in [1.165, 1.54) is 44.2 Å². The fraction of sp³-hybridized carbons (Fsp3) is 0.222. The van der Waals surface area contributed by atoms with Gasteiger partial charge in [-0.05, 0) is 24.3 Å². The second-order valence-electron chi connectivity index (χ2n) is 5.25. The van der Waals surface area contributed by atoms with Crippen LogP contribution in [0.25, 0.3) is 0 Å². The molecule has 0 aliphatic carbocycles. The molecule has 0 unspecified atom stereocenters. The monoisotopic (exact) mass is 396 g/mol. The van der Waals surface area contributed by atoms with Crippen molar-refractivity contribution in [3.63, 3.8) is 0 Å². The molecular weight excluding hydrogens is 368 g/mol. The molecule has 0 bridgehead atoms. The predicted octanol–water partition coefficient (Wildman–Crippen LogP) is 2.80. The summed E-state index contributed by atoms with van der Waals surface area (Å²) in [4.78, 5) is 31.7. The fourth-order valence-corrected chi connectivity index (χ4v) is 1.93. The molecule has 150 valence electrons. The molecule has 0 heterocycles. The van der Waals surface area contributed by atoms with Gasteiger partial charge in [0.05, 0.1) is 44.7 Å². The van der Waals surface area contributed by atoms with E-state index in [4.69, 9.17) is 14.0 Å². The molecule has 0 atom stereocenters. The zero-order valence-electron chi connectivity index (χ0n) is 20.9. The van der Waals surface area contributed by atoms with Gasteiger partial charge in [0.15, 0.2) is 0 Å². The largest absolute Gasteiger partial charge is 0.497 e. The van der Waals surface area contributed by atoms with Crippen molar-refractivity contribution >= 4 is 34.6 Å². The number of carbonyl (C=O) groups is 2. The summed E-state index contributed by atoms with van der Waals surface area (Å²) in [6.45, 7) is 2.56. The van der Waals surface area contributed by atoms with Crippen LogP contribution in [-0.4, -0.2) is 30.8 Å². The molecule has 2 amide bonds. The first-order chi connectivity index (χ1) is 15.5. The minimum atomic E-state index is -2.69. The normalized spacial score (nSPS) is 13.5. The smallest absolute Gasteiger partial charge is 0.296 e. The molecular formula is C18H22N4O6. The van der Waals surface area contributed by atoms with Crippen molar-refractivity contribution in [1.82, 2.24) is 0 Å². The third-order valence-corrected chi connectivity index (χ3v) is 3.05. The van der Waals surface area contributed by atoms with Gasteiger partial charge in [-0.2, -0.15) is 0 Å². The van der Waals surface area contributed by atoms with E-state index in [1.54, 1.807) is 0 Å². The van der Waals surface area contributed by atoms with Crippen molar-refractivity contribution in [2.24, 2.45) is 0 Å². The lowest BCUT2D eigenvalue weighted by atomic mass is 10.2. The molecule has 0 spiro atoms. The summed E-state index contributed by atoms with van der Waals surface area (Å²) < 4.78 is 50.6. The number of hydrogen-bond acceptors (Lipinski definition) is 7. The topological polar surface area (TPSA) is 146 Å². The number of benzene rings is 2. The summed E-state index contributed by atoms with van der Waals surface area (Å²) in [5.41, 5.74) is 5.82. The van der Waals surface area contributed by atoms with E-state index >= 15 is 0 Å². The van der Waals surface area contributed by atoms with Crippen LogP contribution in [0.2, 0.25) is 0 Å². The Bertz CT molecular complexity index is 1060. The van der Waals surface area contributed by atoms with Crippen LogP contribution in [0.1, 0.15) is 22.1 Å². The van der Waals surface area contributed by atoms with E-state index < -0.39 is 30.6 Å². The predicted molar refractivity (Wildman–Crippen MR) is 106 cm³/mol. The van der Waals surface area contributed by atoms with Gasteiger partial charge < -0.3 is 25.8 Å². The Balaban J connectivity index is 0.000000342. The van der Waals surface area contributed by atoms with Crippen LogP contribution in [0.4, 0.5) is 22.7 Å². The van der Waals surface area contributed by atoms with Crippen molar-refractivity contribution in [1.29, 1.82) is 0 Å². The quantitative estimate of drug-likeness (QED) is 0.400. The van der Waals surface area contributed by atoms with Gasteiger partial charge in [0.1, 0.15) is 17.2 Å². The number of carbonyl (C=O) groups excluding carboxylic acids is 2. The number of nitro groups is 1. The third kappa shape index (κ3) is 6.83. The van der Waals surface area contributed by atoms with Gasteiger partial charge >= 0.3 is 0 Å². The van der Waals surface area contributed by atoms with Crippen LogP contribution in [0.15, 0.2) is 36.4 Å². The number of nitrogens with zero attached hydrogens (tertiary/aromatic N) is 1. The van der Waals surface area contributed by atoms with E-state index in [9.17, 15) is 19.7 Å². The summed E-state index contributed by atoms with van der Waals surface area (Å²) >= 11 is 0. The van der Waals surface area contributed by atoms with E-state index in [1.807, 2.05) is 0 Å². The Morgan fingerprint density at radius 3 is 1.96 bits per heavy atom. The standard InChI is InChI=1S/C9H10N2O4.C9H12N2O2/c1-6(12)10-8-4-3-7(15-2)5-9(8)11(13)14;1-6(12)11-9-4-3-7(13-2)5-8(9)10/h3-5H,1-2H3,(H,10,12);3-5H,10H2,1-2H3,(H,11,12)/i2*2D3. The summed E-state index contributed by atoms with van der Waals surface area (Å²) in [6, 6.07) is 7.63. The lowest BCUT2D eigenvalue weighted by Crippen LogP contribution is -2.08. The van der Waals surface area contributed by atoms with E-state index in [0.29, 0.717) is 5.69 Å². The lowest BCUT2D eigenvalue weighted by Gasteiger charge is -2.07. The molecule has 10 nitrogen and oxygen atoms in total. The molecule has 4 N–H and O–H groups in total. The van der Waals surface area contributed by atoms with Crippen molar-refractivity contribution in [3.05, 3.63) is 46.5 Å². The number of hydrogen-bond donors (Lipinski definition) is 3. The number of nitro benzene ring substituents is 1. The molecule has 2 aromatic carbocycles. The summed E-state index contributed by atoms with van der Waals surface area (Å²) in [5, 5.41) is 15.6. The number of anilines is 3. The van der Waals surface area contributed by atoms with Crippen LogP contribution in [0.3, 0.4) is 0 Å². The number of ether oxygens (including phenoxy) is 2. The molecule has 2 rings (SSSR count). The molecule has 0 aliphatic rings. The molecule has 0 saturated heterocycles. The first-order valence-electron chi connectivity index (χ1n) is 10.6. The van der Waals surface area contributed by atoms with E-state index in [-0.39, 0.29) is 28.8 Å². The van der Waals surface area contributed by atoms with Crippen LogP contribution < -0.4 is 25.8 Å². The number of nitrogens with one attached hydrogen (secondary N) is 2. The van der Waals surface area contributed by atoms with Gasteiger partial charge in [0.2, 0.25) is 11.8 Å². The van der Waals surface area contributed by atoms with Gasteiger partial charge in [-0.3, -0.25) is 19.7 Å². The van der Waals surface area contributed by atoms with Crippen LogP contribution in [0, 0.1) is 10.1 Å². The highest BCUT2D eigenvalue weighted by molar-refractivity contribution is 5.92. The average Bonchev–Trinajstić information content (AvgIpc) is 2.62. The maximum Gasteiger partial charge on any atom is 0.296 e. The lowest BCUT2D eigenvalue weighted by molar-refractivity contribution is -0.384.